The zero-order chi connectivity index (χ0) is 22.5. The lowest BCUT2D eigenvalue weighted by Gasteiger charge is -2.16. The normalized spacial score (nSPS) is 12.0. The molecule has 32 heavy (non-hydrogen) atoms. The Hall–Kier alpha value is -2.47. The van der Waals surface area contributed by atoms with Gasteiger partial charge in [-0.2, -0.15) is 8.78 Å². The van der Waals surface area contributed by atoms with Gasteiger partial charge < -0.3 is 25.8 Å². The van der Waals surface area contributed by atoms with Gasteiger partial charge in [0.2, 0.25) is 5.91 Å². The van der Waals surface area contributed by atoms with Gasteiger partial charge in [-0.05, 0) is 36.6 Å². The zero-order valence-electron chi connectivity index (χ0n) is 17.8. The second-order valence-electron chi connectivity index (χ2n) is 6.62. The maximum absolute atomic E-state index is 12.2. The molecule has 176 valence electrons. The van der Waals surface area contributed by atoms with E-state index in [4.69, 9.17) is 0 Å². The fourth-order valence-electron chi connectivity index (χ4n) is 2.72. The van der Waals surface area contributed by atoms with Gasteiger partial charge in [0.25, 0.3) is 0 Å². The highest BCUT2D eigenvalue weighted by Crippen LogP contribution is 2.18. The average molecular weight is 562 g/mol. The van der Waals surface area contributed by atoms with Crippen LogP contribution >= 0.6 is 24.0 Å². The Morgan fingerprint density at radius 1 is 1.06 bits per heavy atom. The minimum atomic E-state index is -2.90. The van der Waals surface area contributed by atoms with E-state index < -0.39 is 12.7 Å². The first-order chi connectivity index (χ1) is 15.0. The second-order valence-corrected chi connectivity index (χ2v) is 6.62. The van der Waals surface area contributed by atoms with Gasteiger partial charge in [-0.15, -0.1) is 24.0 Å². The second kappa shape index (κ2) is 15.4. The minimum Gasteiger partial charge on any atom is -0.435 e. The van der Waals surface area contributed by atoms with Crippen LogP contribution in [0.4, 0.5) is 8.78 Å². The molecule has 2 aromatic rings. The number of nitrogens with zero attached hydrogens (tertiary/aromatic N) is 1. The maximum Gasteiger partial charge on any atom is 0.387 e. The lowest BCUT2D eigenvalue weighted by atomic mass is 10.1. The van der Waals surface area contributed by atoms with Crippen LogP contribution in [0.5, 0.6) is 5.75 Å². The maximum atomic E-state index is 12.2. The molecule has 0 aliphatic carbocycles. The molecule has 0 aliphatic rings. The number of nitrogens with one attached hydrogen (secondary N) is 3. The number of alkyl halides is 2. The quantitative estimate of drug-likeness (QED) is 0.192. The highest BCUT2D eigenvalue weighted by Gasteiger charge is 2.10. The van der Waals surface area contributed by atoms with E-state index >= 15 is 0 Å². The van der Waals surface area contributed by atoms with E-state index in [1.807, 2.05) is 37.3 Å². The molecule has 0 fully saturated rings. The van der Waals surface area contributed by atoms with E-state index in [9.17, 15) is 18.7 Å². The van der Waals surface area contributed by atoms with Crippen LogP contribution in [-0.2, 0) is 11.2 Å². The van der Waals surface area contributed by atoms with Crippen molar-refractivity contribution < 1.29 is 23.4 Å². The number of ether oxygens (including phenoxy) is 1. The van der Waals surface area contributed by atoms with Gasteiger partial charge in [-0.1, -0.05) is 42.5 Å². The third-order valence-electron chi connectivity index (χ3n) is 4.26. The molecule has 0 spiro atoms. The summed E-state index contributed by atoms with van der Waals surface area (Å²) in [5.74, 6) is 0.202. The molecule has 0 aliphatic heterocycles. The molecule has 0 radical (unpaired) electrons. The van der Waals surface area contributed by atoms with Gasteiger partial charge in [-0.3, -0.25) is 4.79 Å². The summed E-state index contributed by atoms with van der Waals surface area (Å²) in [5, 5.41) is 19.1. The van der Waals surface area contributed by atoms with Crippen molar-refractivity contribution in [3.05, 3.63) is 65.7 Å². The van der Waals surface area contributed by atoms with Crippen LogP contribution in [0.2, 0.25) is 0 Å². The number of rotatable bonds is 11. The van der Waals surface area contributed by atoms with Crippen molar-refractivity contribution in [2.45, 2.75) is 26.1 Å². The molecule has 0 bridgehead atoms. The Morgan fingerprint density at radius 2 is 1.75 bits per heavy atom. The summed E-state index contributed by atoms with van der Waals surface area (Å²) in [6, 6.07) is 15.6. The Morgan fingerprint density at radius 3 is 2.38 bits per heavy atom. The average Bonchev–Trinajstić information content (AvgIpc) is 2.76. The predicted molar refractivity (Wildman–Crippen MR) is 131 cm³/mol. The molecule has 0 saturated heterocycles. The molecule has 2 aromatic carbocycles. The highest BCUT2D eigenvalue weighted by molar-refractivity contribution is 14.0. The largest absolute Gasteiger partial charge is 0.435 e. The molecule has 4 N–H and O–H groups in total. The minimum absolute atomic E-state index is 0. The molecular weight excluding hydrogens is 533 g/mol. The summed E-state index contributed by atoms with van der Waals surface area (Å²) in [7, 11) is 0. The molecule has 1 unspecified atom stereocenters. The lowest BCUT2D eigenvalue weighted by molar-refractivity contribution is -0.119. The number of aliphatic hydroxyl groups excluding tert-OH is 1. The van der Waals surface area contributed by atoms with Gasteiger partial charge in [0.15, 0.2) is 5.96 Å². The summed E-state index contributed by atoms with van der Waals surface area (Å²) >= 11 is 0. The Labute approximate surface area is 203 Å². The molecule has 0 aromatic heterocycles. The van der Waals surface area contributed by atoms with E-state index in [2.05, 4.69) is 25.7 Å². The standard InChI is InChI=1S/C22H28F2N4O3.HI/c1-2-25-22(28-15-20(30)26-13-12-16-6-4-3-5-7-16)27-14-19(29)17-8-10-18(11-9-17)31-21(23)24;/h3-11,19,21,29H,2,12-15H2,1H3,(H,26,30)(H2,25,27,28);1H. The van der Waals surface area contributed by atoms with Gasteiger partial charge >= 0.3 is 6.61 Å². The SMILES string of the molecule is CCNC(=NCC(=O)NCCc1ccccc1)NCC(O)c1ccc(OC(F)F)cc1.I. The van der Waals surface area contributed by atoms with Crippen molar-refractivity contribution in [3.8, 4) is 5.75 Å². The van der Waals surface area contributed by atoms with Crippen LogP contribution in [0.3, 0.4) is 0 Å². The van der Waals surface area contributed by atoms with Crippen molar-refractivity contribution in [2.24, 2.45) is 4.99 Å². The van der Waals surface area contributed by atoms with E-state index in [0.717, 1.165) is 12.0 Å². The molecule has 0 heterocycles. The molecule has 1 atom stereocenters. The van der Waals surface area contributed by atoms with Crippen molar-refractivity contribution in [3.63, 3.8) is 0 Å². The van der Waals surface area contributed by atoms with E-state index in [-0.39, 0.29) is 48.7 Å². The summed E-state index contributed by atoms with van der Waals surface area (Å²) < 4.78 is 28.7. The summed E-state index contributed by atoms with van der Waals surface area (Å²) in [5.41, 5.74) is 1.67. The number of halogens is 3. The van der Waals surface area contributed by atoms with E-state index in [1.54, 1.807) is 0 Å². The fraction of sp³-hybridized carbons (Fsp3) is 0.364. The Balaban J connectivity index is 0.00000512. The lowest BCUT2D eigenvalue weighted by Crippen LogP contribution is -2.40. The van der Waals surface area contributed by atoms with Gasteiger partial charge in [0, 0.05) is 19.6 Å². The predicted octanol–water partition coefficient (Wildman–Crippen LogP) is 2.85. The number of aliphatic imine (C=N–C) groups is 1. The highest BCUT2D eigenvalue weighted by atomic mass is 127. The first-order valence-corrected chi connectivity index (χ1v) is 10.0. The van der Waals surface area contributed by atoms with E-state index in [1.165, 1.54) is 24.3 Å². The summed E-state index contributed by atoms with van der Waals surface area (Å²) in [6.45, 7) is 0.154. The summed E-state index contributed by atoms with van der Waals surface area (Å²) in [4.78, 5) is 16.2. The molecule has 2 rings (SSSR count). The van der Waals surface area contributed by atoms with Crippen LogP contribution in [0, 0.1) is 0 Å². The first-order valence-electron chi connectivity index (χ1n) is 10.0. The van der Waals surface area contributed by atoms with Crippen molar-refractivity contribution in [1.82, 2.24) is 16.0 Å². The number of amides is 1. The molecule has 7 nitrogen and oxygen atoms in total. The van der Waals surface area contributed by atoms with Crippen molar-refractivity contribution in [2.75, 3.05) is 26.2 Å². The van der Waals surface area contributed by atoms with Crippen LogP contribution in [-0.4, -0.2) is 49.8 Å². The molecule has 10 heteroatoms. The Kier molecular flexibility index (Phi) is 13.2. The number of guanidine groups is 1. The number of hydrogen-bond acceptors (Lipinski definition) is 4. The van der Waals surface area contributed by atoms with Crippen LogP contribution in [0.15, 0.2) is 59.6 Å². The van der Waals surface area contributed by atoms with E-state index in [0.29, 0.717) is 24.6 Å². The third-order valence-corrected chi connectivity index (χ3v) is 4.26. The van der Waals surface area contributed by atoms with Crippen molar-refractivity contribution >= 4 is 35.8 Å². The smallest absolute Gasteiger partial charge is 0.387 e. The van der Waals surface area contributed by atoms with Crippen molar-refractivity contribution in [1.29, 1.82) is 0 Å². The number of carbonyl (C=O) groups excluding carboxylic acids is 1. The van der Waals surface area contributed by atoms with Crippen LogP contribution in [0.1, 0.15) is 24.2 Å². The molecule has 0 saturated carbocycles. The van der Waals surface area contributed by atoms with Gasteiger partial charge in [-0.25, -0.2) is 4.99 Å². The number of aliphatic hydroxyl groups is 1. The number of carbonyl (C=O) groups is 1. The van der Waals surface area contributed by atoms with Gasteiger partial charge in [0.05, 0.1) is 6.10 Å². The molecular formula is C22H29F2IN4O3. The number of hydrogen-bond donors (Lipinski definition) is 4. The zero-order valence-corrected chi connectivity index (χ0v) is 20.1. The van der Waals surface area contributed by atoms with Crippen LogP contribution in [0.25, 0.3) is 0 Å². The molecule has 1 amide bonds. The Bertz CT molecular complexity index is 824. The summed E-state index contributed by atoms with van der Waals surface area (Å²) in [6.07, 6.45) is -0.161. The first kappa shape index (κ1) is 27.6. The number of benzene rings is 2. The third kappa shape index (κ3) is 10.7. The topological polar surface area (TPSA) is 95.0 Å². The monoisotopic (exact) mass is 562 g/mol. The van der Waals surface area contributed by atoms with Gasteiger partial charge in [0.1, 0.15) is 12.3 Å². The fourth-order valence-corrected chi connectivity index (χ4v) is 2.72. The van der Waals surface area contributed by atoms with Crippen LogP contribution < -0.4 is 20.7 Å².